The van der Waals surface area contributed by atoms with Crippen molar-refractivity contribution in [3.8, 4) is 22.3 Å². The number of H-pyrrole nitrogens is 1. The molecule has 0 bridgehead atoms. The van der Waals surface area contributed by atoms with Crippen molar-refractivity contribution < 1.29 is 0 Å². The third-order valence-corrected chi connectivity index (χ3v) is 5.98. The van der Waals surface area contributed by atoms with Gasteiger partial charge >= 0.3 is 0 Å². The van der Waals surface area contributed by atoms with E-state index >= 15 is 0 Å². The summed E-state index contributed by atoms with van der Waals surface area (Å²) >= 11 is 0. The summed E-state index contributed by atoms with van der Waals surface area (Å²) in [7, 11) is 0. The first-order valence-corrected chi connectivity index (χ1v) is 11.4. The van der Waals surface area contributed by atoms with Crippen molar-refractivity contribution in [2.75, 3.05) is 36.8 Å². The van der Waals surface area contributed by atoms with E-state index in [-0.39, 0.29) is 0 Å². The van der Waals surface area contributed by atoms with Gasteiger partial charge in [-0.25, -0.2) is 0 Å². The third-order valence-electron chi connectivity index (χ3n) is 5.98. The van der Waals surface area contributed by atoms with Gasteiger partial charge in [0.2, 0.25) is 0 Å². The number of hydrogen-bond acceptors (Lipinski definition) is 4. The normalized spacial score (nSPS) is 11.2. The van der Waals surface area contributed by atoms with Gasteiger partial charge in [0.25, 0.3) is 0 Å². The molecule has 5 rings (SSSR count). The van der Waals surface area contributed by atoms with Gasteiger partial charge in [-0.1, -0.05) is 36.4 Å². The number of nitrogens with two attached hydrogens (primary N) is 2. The second-order valence-electron chi connectivity index (χ2n) is 8.23. The van der Waals surface area contributed by atoms with Gasteiger partial charge in [0, 0.05) is 59.4 Å². The van der Waals surface area contributed by atoms with Crippen molar-refractivity contribution >= 4 is 33.2 Å². The molecule has 4 aromatic carbocycles. The molecule has 1 heterocycles. The number of fused-ring (bicyclic) bond motifs is 3. The highest BCUT2D eigenvalue weighted by Gasteiger charge is 2.09. The van der Waals surface area contributed by atoms with E-state index in [9.17, 15) is 0 Å². The van der Waals surface area contributed by atoms with Gasteiger partial charge in [0.1, 0.15) is 0 Å². The van der Waals surface area contributed by atoms with E-state index in [0.29, 0.717) is 13.1 Å². The van der Waals surface area contributed by atoms with E-state index in [1.165, 1.54) is 33.0 Å². The minimum Gasteiger partial charge on any atom is -0.384 e. The van der Waals surface area contributed by atoms with Crippen LogP contribution in [-0.4, -0.2) is 31.2 Å². The van der Waals surface area contributed by atoms with Gasteiger partial charge in [0.15, 0.2) is 0 Å². The highest BCUT2D eigenvalue weighted by Crippen LogP contribution is 2.33. The largest absolute Gasteiger partial charge is 0.384 e. The molecule has 0 atom stereocenters. The number of benzene rings is 4. The number of hydrogen-bond donors (Lipinski definition) is 5. The first-order valence-electron chi connectivity index (χ1n) is 11.4. The lowest BCUT2D eigenvalue weighted by Crippen LogP contribution is -2.12. The van der Waals surface area contributed by atoms with Crippen molar-refractivity contribution in [1.82, 2.24) is 4.98 Å². The van der Waals surface area contributed by atoms with E-state index in [4.69, 9.17) is 11.5 Å². The van der Waals surface area contributed by atoms with Gasteiger partial charge < -0.3 is 27.1 Å². The Morgan fingerprint density at radius 2 is 0.909 bits per heavy atom. The molecular formula is C28H29N5. The minimum atomic E-state index is 0.621. The van der Waals surface area contributed by atoms with Crippen molar-refractivity contribution in [1.29, 1.82) is 0 Å². The topological polar surface area (TPSA) is 91.9 Å². The smallest absolute Gasteiger partial charge is 0.0465 e. The highest BCUT2D eigenvalue weighted by atomic mass is 14.9. The Hall–Kier alpha value is -3.80. The fourth-order valence-corrected chi connectivity index (χ4v) is 4.25. The fraction of sp³-hybridized carbons (Fsp3) is 0.143. The van der Waals surface area contributed by atoms with Gasteiger partial charge in [-0.3, -0.25) is 0 Å². The van der Waals surface area contributed by atoms with Gasteiger partial charge in [-0.05, 0) is 70.8 Å². The molecule has 0 saturated carbocycles. The van der Waals surface area contributed by atoms with Crippen molar-refractivity contribution in [3.05, 3.63) is 84.9 Å². The van der Waals surface area contributed by atoms with E-state index in [0.717, 1.165) is 35.5 Å². The van der Waals surface area contributed by atoms with Crippen LogP contribution in [0.25, 0.3) is 44.1 Å². The Kier molecular flexibility index (Phi) is 5.98. The zero-order chi connectivity index (χ0) is 22.6. The molecular weight excluding hydrogens is 406 g/mol. The molecule has 0 spiro atoms. The van der Waals surface area contributed by atoms with Crippen LogP contribution in [0.4, 0.5) is 11.4 Å². The fourth-order valence-electron chi connectivity index (χ4n) is 4.25. The molecule has 0 aliphatic carbocycles. The molecule has 1 aromatic heterocycles. The van der Waals surface area contributed by atoms with Crippen LogP contribution in [0.5, 0.6) is 0 Å². The Bertz CT molecular complexity index is 1260. The lowest BCUT2D eigenvalue weighted by atomic mass is 10.00. The van der Waals surface area contributed by atoms with Gasteiger partial charge in [-0.2, -0.15) is 0 Å². The SMILES string of the molecule is NCCNc1ccc(-c2ccc3[nH]c4ccc(-c5ccc(NCCN)cc5)cc4c3c2)cc1. The summed E-state index contributed by atoms with van der Waals surface area (Å²) in [6.45, 7) is 2.79. The molecule has 0 amide bonds. The maximum absolute atomic E-state index is 5.58. The van der Waals surface area contributed by atoms with Gasteiger partial charge in [0.05, 0.1) is 0 Å². The molecule has 0 unspecified atom stereocenters. The number of rotatable bonds is 8. The van der Waals surface area contributed by atoms with E-state index in [1.54, 1.807) is 0 Å². The lowest BCUT2D eigenvalue weighted by molar-refractivity contribution is 1.02. The molecule has 166 valence electrons. The van der Waals surface area contributed by atoms with Crippen LogP contribution in [0.15, 0.2) is 84.9 Å². The number of nitrogens with one attached hydrogen (secondary N) is 3. The van der Waals surface area contributed by atoms with E-state index in [1.807, 2.05) is 0 Å². The van der Waals surface area contributed by atoms with Crippen molar-refractivity contribution in [3.63, 3.8) is 0 Å². The average molecular weight is 436 g/mol. The van der Waals surface area contributed by atoms with Crippen LogP contribution in [0.1, 0.15) is 0 Å². The second-order valence-corrected chi connectivity index (χ2v) is 8.23. The van der Waals surface area contributed by atoms with E-state index in [2.05, 4.69) is 101 Å². The average Bonchev–Trinajstić information content (AvgIpc) is 3.24. The van der Waals surface area contributed by atoms with Crippen LogP contribution in [0, 0.1) is 0 Å². The Labute approximate surface area is 193 Å². The summed E-state index contributed by atoms with van der Waals surface area (Å²) < 4.78 is 0. The molecule has 0 saturated heterocycles. The maximum atomic E-state index is 5.58. The van der Waals surface area contributed by atoms with Crippen molar-refractivity contribution in [2.45, 2.75) is 0 Å². The molecule has 0 fully saturated rings. The molecule has 33 heavy (non-hydrogen) atoms. The Balaban J connectivity index is 1.48. The summed E-state index contributed by atoms with van der Waals surface area (Å²) in [5.74, 6) is 0. The molecule has 5 heteroatoms. The molecule has 0 radical (unpaired) electrons. The summed E-state index contributed by atoms with van der Waals surface area (Å²) in [4.78, 5) is 3.56. The molecule has 5 aromatic rings. The van der Waals surface area contributed by atoms with Crippen molar-refractivity contribution in [2.24, 2.45) is 11.5 Å². The zero-order valence-electron chi connectivity index (χ0n) is 18.6. The van der Waals surface area contributed by atoms with Crippen LogP contribution < -0.4 is 22.1 Å². The predicted molar refractivity (Wildman–Crippen MR) is 142 cm³/mol. The first kappa shape index (κ1) is 21.1. The minimum absolute atomic E-state index is 0.621. The monoisotopic (exact) mass is 435 g/mol. The summed E-state index contributed by atoms with van der Waals surface area (Å²) in [5.41, 5.74) is 20.4. The van der Waals surface area contributed by atoms with Crippen LogP contribution in [0.3, 0.4) is 0 Å². The van der Waals surface area contributed by atoms with Crippen LogP contribution in [-0.2, 0) is 0 Å². The molecule has 0 aliphatic heterocycles. The molecule has 7 N–H and O–H groups in total. The number of aromatic nitrogens is 1. The first-order chi connectivity index (χ1) is 16.2. The lowest BCUT2D eigenvalue weighted by Gasteiger charge is -2.07. The predicted octanol–water partition coefficient (Wildman–Crippen LogP) is 5.40. The molecule has 0 aliphatic rings. The number of anilines is 2. The third kappa shape index (κ3) is 4.42. The quantitative estimate of drug-likeness (QED) is 0.226. The summed E-state index contributed by atoms with van der Waals surface area (Å²) in [5, 5.41) is 9.10. The Morgan fingerprint density at radius 1 is 0.515 bits per heavy atom. The highest BCUT2D eigenvalue weighted by molar-refractivity contribution is 6.09. The number of aromatic amines is 1. The maximum Gasteiger partial charge on any atom is 0.0465 e. The van der Waals surface area contributed by atoms with Crippen LogP contribution in [0.2, 0.25) is 0 Å². The second kappa shape index (κ2) is 9.36. The van der Waals surface area contributed by atoms with E-state index < -0.39 is 0 Å². The summed E-state index contributed by atoms with van der Waals surface area (Å²) in [6, 6.07) is 30.3. The van der Waals surface area contributed by atoms with Gasteiger partial charge in [-0.15, -0.1) is 0 Å². The standard InChI is InChI=1S/C28H29N5/c29-13-15-31-23-7-1-19(2-8-23)21-5-11-27-25(17-21)26-18-22(6-12-28(26)33-27)20-3-9-24(10-4-20)32-16-14-30/h1-12,17-18,31-33H,13-16,29-30H2. The summed E-state index contributed by atoms with van der Waals surface area (Å²) in [6.07, 6.45) is 0. The zero-order valence-corrected chi connectivity index (χ0v) is 18.6. The Morgan fingerprint density at radius 3 is 1.30 bits per heavy atom. The molecule has 5 nitrogen and oxygen atoms in total. The van der Waals surface area contributed by atoms with Crippen LogP contribution >= 0.6 is 0 Å².